The zero-order valence-corrected chi connectivity index (χ0v) is 27.9. The molecule has 3 fully saturated rings. The van der Waals surface area contributed by atoms with Gasteiger partial charge in [-0.3, -0.25) is 9.69 Å². The molecule has 0 bridgehead atoms. The van der Waals surface area contributed by atoms with Crippen LogP contribution in [-0.4, -0.2) is 81.5 Å². The van der Waals surface area contributed by atoms with Gasteiger partial charge < -0.3 is 29.4 Å². The number of fused-ring (bicyclic) bond motifs is 2. The van der Waals surface area contributed by atoms with Crippen molar-refractivity contribution in [3.63, 3.8) is 0 Å². The number of rotatable bonds is 12. The molecule has 7 rings (SSSR count). The number of benzene rings is 2. The molecule has 1 amide bonds. The highest BCUT2D eigenvalue weighted by Gasteiger charge is 2.41. The van der Waals surface area contributed by atoms with E-state index in [0.717, 1.165) is 61.9 Å². The molecule has 0 spiro atoms. The third-order valence-corrected chi connectivity index (χ3v) is 10.3. The third kappa shape index (κ3) is 6.97. The first kappa shape index (κ1) is 33.0. The molecule has 2 aromatic carbocycles. The van der Waals surface area contributed by atoms with E-state index in [1.807, 2.05) is 44.2 Å². The molecular weight excluding hydrogens is 625 g/mol. The number of aromatic nitrogens is 3. The van der Waals surface area contributed by atoms with Gasteiger partial charge in [-0.05, 0) is 68.0 Å². The van der Waals surface area contributed by atoms with E-state index in [1.54, 1.807) is 24.3 Å². The third-order valence-electron chi connectivity index (χ3n) is 10.3. The first-order valence-electron chi connectivity index (χ1n) is 17.0. The molecule has 3 aliphatic heterocycles. The van der Waals surface area contributed by atoms with Crippen molar-refractivity contribution in [1.29, 1.82) is 5.26 Å². The van der Waals surface area contributed by atoms with E-state index in [-0.39, 0.29) is 30.8 Å². The predicted molar refractivity (Wildman–Crippen MR) is 181 cm³/mol. The van der Waals surface area contributed by atoms with Crippen molar-refractivity contribution < 1.29 is 23.8 Å². The lowest BCUT2D eigenvalue weighted by Crippen LogP contribution is -2.48. The number of carbonyl (C=O) groups excluding carboxylic acids is 1. The monoisotopic (exact) mass is 667 g/mol. The van der Waals surface area contributed by atoms with Crippen molar-refractivity contribution in [3.8, 4) is 11.9 Å². The highest BCUT2D eigenvalue weighted by atomic mass is 19.1. The first-order valence-corrected chi connectivity index (χ1v) is 17.0. The molecule has 2 N–H and O–H groups in total. The summed E-state index contributed by atoms with van der Waals surface area (Å²) >= 11 is 0. The van der Waals surface area contributed by atoms with Gasteiger partial charge in [-0.25, -0.2) is 9.37 Å². The first-order chi connectivity index (χ1) is 23.7. The SMILES string of the molecule is CCC(C)(CO)NC(=O)c1ccc2nc(CN3CC4CN(c5cccc(OCc6ccc(C#N)cc6F)n5)CC4C3)n(CC3CCO3)c2c1. The number of anilines is 1. The summed E-state index contributed by atoms with van der Waals surface area (Å²) in [4.78, 5) is 27.7. The van der Waals surface area contributed by atoms with E-state index < -0.39 is 11.4 Å². The number of amides is 1. The maximum Gasteiger partial charge on any atom is 0.251 e. The molecular formula is C37H42FN7O4. The van der Waals surface area contributed by atoms with Crippen LogP contribution in [0.1, 0.15) is 54.0 Å². The minimum absolute atomic E-state index is 0.0301. The van der Waals surface area contributed by atoms with Crippen LogP contribution in [0.5, 0.6) is 5.88 Å². The minimum Gasteiger partial charge on any atom is -0.473 e. The summed E-state index contributed by atoms with van der Waals surface area (Å²) in [6.45, 7) is 9.52. The lowest BCUT2D eigenvalue weighted by atomic mass is 9.99. The molecule has 5 heterocycles. The van der Waals surface area contributed by atoms with Crippen molar-refractivity contribution in [2.45, 2.75) is 58.0 Å². The summed E-state index contributed by atoms with van der Waals surface area (Å²) in [5.41, 5.74) is 2.29. The van der Waals surface area contributed by atoms with E-state index >= 15 is 0 Å². The van der Waals surface area contributed by atoms with Gasteiger partial charge in [0.05, 0.1) is 54.0 Å². The summed E-state index contributed by atoms with van der Waals surface area (Å²) in [6.07, 6.45) is 1.75. The Balaban J connectivity index is 1.01. The summed E-state index contributed by atoms with van der Waals surface area (Å²) in [7, 11) is 0. The van der Waals surface area contributed by atoms with Crippen molar-refractivity contribution in [1.82, 2.24) is 24.8 Å². The topological polar surface area (TPSA) is 129 Å². The molecule has 3 saturated heterocycles. The quantitative estimate of drug-likeness (QED) is 0.228. The standard InChI is InChI=1S/C37H42FN7O4/c1-3-37(2,23-46)42-36(47)25-9-10-31-32(14-25)45(20-29-11-12-48-29)34(40-31)21-43-16-27-18-44(19-28(27)17-43)33-5-4-6-35(41-33)49-22-26-8-7-24(15-39)13-30(26)38/h4-10,13-14,27-29,46H,3,11-12,16-23H2,1-2H3,(H,42,47). The van der Waals surface area contributed by atoms with Crippen LogP contribution in [0.3, 0.4) is 0 Å². The Labute approximate surface area is 285 Å². The Morgan fingerprint density at radius 2 is 1.94 bits per heavy atom. The molecule has 0 aliphatic carbocycles. The Hall–Kier alpha value is -4.57. The van der Waals surface area contributed by atoms with Gasteiger partial charge in [0, 0.05) is 50.0 Å². The van der Waals surface area contributed by atoms with Gasteiger partial charge in [0.2, 0.25) is 5.88 Å². The average Bonchev–Trinajstić information content (AvgIpc) is 3.77. The smallest absolute Gasteiger partial charge is 0.251 e. The predicted octanol–water partition coefficient (Wildman–Crippen LogP) is 4.27. The number of nitriles is 1. The molecule has 4 unspecified atom stereocenters. The zero-order valence-electron chi connectivity index (χ0n) is 27.9. The molecule has 4 atom stereocenters. The van der Waals surface area contributed by atoms with Crippen LogP contribution >= 0.6 is 0 Å². The number of pyridine rings is 1. The number of imidazole rings is 1. The summed E-state index contributed by atoms with van der Waals surface area (Å²) < 4.78 is 28.2. The second-order valence-electron chi connectivity index (χ2n) is 13.8. The molecule has 2 aromatic heterocycles. The van der Waals surface area contributed by atoms with Crippen molar-refractivity contribution in [2.75, 3.05) is 44.3 Å². The molecule has 11 nitrogen and oxygen atoms in total. The van der Waals surface area contributed by atoms with Crippen molar-refractivity contribution in [2.24, 2.45) is 11.8 Å². The number of aliphatic hydroxyl groups excluding tert-OH is 1. The number of hydrogen-bond donors (Lipinski definition) is 2. The maximum atomic E-state index is 14.3. The highest BCUT2D eigenvalue weighted by molar-refractivity contribution is 5.98. The Morgan fingerprint density at radius 3 is 2.61 bits per heavy atom. The summed E-state index contributed by atoms with van der Waals surface area (Å²) in [5, 5.41) is 21.8. The molecule has 12 heteroatoms. The van der Waals surface area contributed by atoms with E-state index in [9.17, 15) is 14.3 Å². The van der Waals surface area contributed by atoms with Crippen molar-refractivity contribution >= 4 is 22.8 Å². The molecule has 3 aliphatic rings. The van der Waals surface area contributed by atoms with Crippen molar-refractivity contribution in [3.05, 3.63) is 82.9 Å². The largest absolute Gasteiger partial charge is 0.473 e. The fraction of sp³-hybridized carbons (Fsp3) is 0.459. The maximum absolute atomic E-state index is 14.3. The van der Waals surface area contributed by atoms with Gasteiger partial charge >= 0.3 is 0 Å². The highest BCUT2D eigenvalue weighted by Crippen LogP contribution is 2.35. The van der Waals surface area contributed by atoms with Gasteiger partial charge in [-0.2, -0.15) is 10.2 Å². The number of hydrogen-bond acceptors (Lipinski definition) is 9. The van der Waals surface area contributed by atoms with Crippen LogP contribution in [0, 0.1) is 29.0 Å². The zero-order chi connectivity index (χ0) is 34.1. The van der Waals surface area contributed by atoms with E-state index in [0.29, 0.717) is 48.4 Å². The van der Waals surface area contributed by atoms with Crippen LogP contribution in [0.25, 0.3) is 11.0 Å². The van der Waals surface area contributed by atoms with E-state index in [1.165, 1.54) is 6.07 Å². The number of carbonyl (C=O) groups is 1. The lowest BCUT2D eigenvalue weighted by Gasteiger charge is -2.28. The van der Waals surface area contributed by atoms with E-state index in [4.69, 9.17) is 24.7 Å². The second kappa shape index (κ2) is 13.7. The number of aliphatic hydroxyl groups is 1. The van der Waals surface area contributed by atoms with Crippen LogP contribution in [0.15, 0.2) is 54.6 Å². The molecule has 0 saturated carbocycles. The van der Waals surface area contributed by atoms with Crippen LogP contribution < -0.4 is 15.0 Å². The Bertz CT molecular complexity index is 1870. The fourth-order valence-corrected chi connectivity index (χ4v) is 7.01. The van der Waals surface area contributed by atoms with Crippen LogP contribution in [0.2, 0.25) is 0 Å². The average molecular weight is 668 g/mol. The van der Waals surface area contributed by atoms with Crippen LogP contribution in [0.4, 0.5) is 10.2 Å². The number of nitrogens with one attached hydrogen (secondary N) is 1. The van der Waals surface area contributed by atoms with Gasteiger partial charge in [-0.15, -0.1) is 0 Å². The summed E-state index contributed by atoms with van der Waals surface area (Å²) in [5.74, 6) is 2.55. The molecule has 4 aromatic rings. The van der Waals surface area contributed by atoms with Gasteiger partial charge in [0.15, 0.2) is 0 Å². The minimum atomic E-state index is -0.679. The normalized spacial score (nSPS) is 21.6. The lowest BCUT2D eigenvalue weighted by molar-refractivity contribution is -0.0591. The van der Waals surface area contributed by atoms with E-state index in [2.05, 4.69) is 19.7 Å². The number of ether oxygens (including phenoxy) is 2. The molecule has 49 heavy (non-hydrogen) atoms. The second-order valence-corrected chi connectivity index (χ2v) is 13.8. The van der Waals surface area contributed by atoms with Gasteiger partial charge in [0.1, 0.15) is 24.1 Å². The number of likely N-dealkylation sites (tertiary alicyclic amines) is 1. The molecule has 0 radical (unpaired) electrons. The number of nitrogens with zero attached hydrogens (tertiary/aromatic N) is 6. The fourth-order valence-electron chi connectivity index (χ4n) is 7.01. The van der Waals surface area contributed by atoms with Crippen LogP contribution in [-0.2, 0) is 24.4 Å². The molecule has 256 valence electrons. The van der Waals surface area contributed by atoms with Gasteiger partial charge in [-0.1, -0.05) is 19.1 Å². The number of halogens is 1. The van der Waals surface area contributed by atoms with Gasteiger partial charge in [0.25, 0.3) is 5.91 Å². The Morgan fingerprint density at radius 1 is 1.14 bits per heavy atom. The Kier molecular flexibility index (Phi) is 9.24. The summed E-state index contributed by atoms with van der Waals surface area (Å²) in [6, 6.07) is 17.6.